The largest absolute Gasteiger partial charge is 0.490 e. The first-order valence-corrected chi connectivity index (χ1v) is 9.49. The zero-order valence-electron chi connectivity index (χ0n) is 12.5. The second kappa shape index (κ2) is 10.3. The zero-order chi connectivity index (χ0) is 17.4. The van der Waals surface area contributed by atoms with Crippen LogP contribution in [-0.2, 0) is 0 Å². The van der Waals surface area contributed by atoms with Crippen molar-refractivity contribution in [1.29, 1.82) is 0 Å². The van der Waals surface area contributed by atoms with Gasteiger partial charge in [0.1, 0.15) is 16.8 Å². The minimum atomic E-state index is 0.142. The zero-order valence-corrected chi connectivity index (χ0v) is 16.3. The van der Waals surface area contributed by atoms with Crippen LogP contribution in [0.3, 0.4) is 0 Å². The van der Waals surface area contributed by atoms with E-state index in [1.165, 1.54) is 11.0 Å². The smallest absolute Gasteiger partial charge is 0.156 e. The Morgan fingerprint density at radius 1 is 1.00 bits per heavy atom. The monoisotopic (exact) mass is 422 g/mol. The summed E-state index contributed by atoms with van der Waals surface area (Å²) in [7, 11) is 0. The molecule has 0 unspecified atom stereocenters. The van der Waals surface area contributed by atoms with Crippen LogP contribution in [0.5, 0.6) is 11.5 Å². The fraction of sp³-hybridized carbons (Fsp3) is 0.176. The summed E-state index contributed by atoms with van der Waals surface area (Å²) in [6.07, 6.45) is 1.52. The summed E-state index contributed by atoms with van der Waals surface area (Å²) >= 11 is 25.2. The van der Waals surface area contributed by atoms with Gasteiger partial charge in [-0.15, -0.1) is 11.8 Å². The number of thioether (sulfide) groups is 1. The van der Waals surface area contributed by atoms with Crippen molar-refractivity contribution in [1.82, 2.24) is 0 Å². The molecular weight excluding hydrogens is 410 g/mol. The van der Waals surface area contributed by atoms with Gasteiger partial charge in [0.25, 0.3) is 0 Å². The highest BCUT2D eigenvalue weighted by Crippen LogP contribution is 2.37. The van der Waals surface area contributed by atoms with Crippen LogP contribution in [0.4, 0.5) is 0 Å². The average Bonchev–Trinajstić information content (AvgIpc) is 2.54. The molecule has 24 heavy (non-hydrogen) atoms. The van der Waals surface area contributed by atoms with Gasteiger partial charge in [-0.3, -0.25) is 0 Å². The van der Waals surface area contributed by atoms with E-state index in [0.29, 0.717) is 28.2 Å². The predicted molar refractivity (Wildman–Crippen MR) is 104 cm³/mol. The number of rotatable bonds is 8. The molecule has 0 N–H and O–H groups in total. The van der Waals surface area contributed by atoms with Gasteiger partial charge in [-0.25, -0.2) is 0 Å². The van der Waals surface area contributed by atoms with Crippen LogP contribution in [0.2, 0.25) is 10.0 Å². The van der Waals surface area contributed by atoms with E-state index in [1.807, 2.05) is 18.2 Å². The van der Waals surface area contributed by atoms with E-state index >= 15 is 0 Å². The van der Waals surface area contributed by atoms with Crippen molar-refractivity contribution in [2.24, 2.45) is 0 Å². The van der Waals surface area contributed by atoms with E-state index in [2.05, 4.69) is 12.1 Å². The van der Waals surface area contributed by atoms with E-state index in [0.717, 1.165) is 5.75 Å². The summed E-state index contributed by atoms with van der Waals surface area (Å²) in [4.78, 5) is 1.19. The van der Waals surface area contributed by atoms with E-state index in [1.54, 1.807) is 23.9 Å². The van der Waals surface area contributed by atoms with Gasteiger partial charge in [0.05, 0.1) is 16.7 Å². The predicted octanol–water partition coefficient (Wildman–Crippen LogP) is 6.86. The maximum absolute atomic E-state index is 6.21. The number of halogens is 4. The molecule has 0 aliphatic heterocycles. The quantitative estimate of drug-likeness (QED) is 0.341. The standard InChI is InChI=1S/C17H14Cl4O2S/c18-14-10-12(22-7-6-16(20)21)11-15(19)17(14)23-8-9-24-13-4-2-1-3-5-13/h1-6,10-11H,7-9H2. The summed E-state index contributed by atoms with van der Waals surface area (Å²) in [6, 6.07) is 13.4. The maximum atomic E-state index is 6.21. The highest BCUT2D eigenvalue weighted by molar-refractivity contribution is 7.99. The SMILES string of the molecule is ClC(Cl)=CCOc1cc(Cl)c(OCCSc2ccccc2)c(Cl)c1. The molecule has 0 saturated heterocycles. The molecule has 0 amide bonds. The summed E-state index contributed by atoms with van der Waals surface area (Å²) in [5.74, 6) is 1.75. The second-order valence-corrected chi connectivity index (χ2v) is 7.52. The third-order valence-corrected chi connectivity index (χ3v) is 4.65. The molecule has 0 saturated carbocycles. The summed E-state index contributed by atoms with van der Waals surface area (Å²) < 4.78 is 11.3. The van der Waals surface area contributed by atoms with Crippen LogP contribution in [-0.4, -0.2) is 19.0 Å². The molecule has 2 aromatic carbocycles. The van der Waals surface area contributed by atoms with Crippen molar-refractivity contribution in [2.75, 3.05) is 19.0 Å². The Balaban J connectivity index is 1.87. The Morgan fingerprint density at radius 2 is 1.67 bits per heavy atom. The van der Waals surface area contributed by atoms with Crippen molar-refractivity contribution in [3.05, 3.63) is 63.1 Å². The Kier molecular flexibility index (Phi) is 8.43. The second-order valence-electron chi connectivity index (χ2n) is 4.53. The maximum Gasteiger partial charge on any atom is 0.156 e. The topological polar surface area (TPSA) is 18.5 Å². The summed E-state index contributed by atoms with van der Waals surface area (Å²) in [5, 5.41) is 0.784. The number of hydrogen-bond acceptors (Lipinski definition) is 3. The van der Waals surface area contributed by atoms with E-state index in [-0.39, 0.29) is 11.1 Å². The molecule has 7 heteroatoms. The molecule has 0 aromatic heterocycles. The minimum absolute atomic E-state index is 0.142. The van der Waals surface area contributed by atoms with Gasteiger partial charge >= 0.3 is 0 Å². The molecule has 0 bridgehead atoms. The van der Waals surface area contributed by atoms with Crippen molar-refractivity contribution >= 4 is 58.2 Å². The normalized spacial score (nSPS) is 10.3. The first-order valence-electron chi connectivity index (χ1n) is 7.00. The van der Waals surface area contributed by atoms with E-state index in [9.17, 15) is 0 Å². The molecule has 0 aliphatic carbocycles. The Labute approximate surface area is 165 Å². The number of hydrogen-bond donors (Lipinski definition) is 0. The molecule has 2 nitrogen and oxygen atoms in total. The van der Waals surface area contributed by atoms with Crippen LogP contribution < -0.4 is 9.47 Å². The molecule has 0 atom stereocenters. The van der Waals surface area contributed by atoms with Gasteiger partial charge in [-0.1, -0.05) is 64.6 Å². The first kappa shape index (κ1) is 19.6. The van der Waals surface area contributed by atoms with Crippen LogP contribution in [0.25, 0.3) is 0 Å². The molecule has 2 rings (SSSR count). The third kappa shape index (κ3) is 6.66. The van der Waals surface area contributed by atoms with Gasteiger partial charge < -0.3 is 9.47 Å². The summed E-state index contributed by atoms with van der Waals surface area (Å²) in [5.41, 5.74) is 0. The minimum Gasteiger partial charge on any atom is -0.490 e. The molecule has 0 heterocycles. The van der Waals surface area contributed by atoms with Gasteiger partial charge in [0, 0.05) is 22.8 Å². The average molecular weight is 424 g/mol. The van der Waals surface area contributed by atoms with Crippen molar-refractivity contribution < 1.29 is 9.47 Å². The Morgan fingerprint density at radius 3 is 2.29 bits per heavy atom. The van der Waals surface area contributed by atoms with Crippen molar-refractivity contribution in [3.8, 4) is 11.5 Å². The van der Waals surface area contributed by atoms with E-state index in [4.69, 9.17) is 55.9 Å². The lowest BCUT2D eigenvalue weighted by atomic mass is 10.3. The molecular formula is C17H14Cl4O2S. The highest BCUT2D eigenvalue weighted by atomic mass is 35.5. The molecule has 0 spiro atoms. The lowest BCUT2D eigenvalue weighted by Gasteiger charge is -2.12. The molecule has 2 aromatic rings. The molecule has 128 valence electrons. The van der Waals surface area contributed by atoms with Gasteiger partial charge in [0.2, 0.25) is 0 Å². The van der Waals surface area contributed by atoms with Crippen LogP contribution >= 0.6 is 58.2 Å². The third-order valence-electron chi connectivity index (χ3n) is 2.80. The van der Waals surface area contributed by atoms with Crippen molar-refractivity contribution in [2.45, 2.75) is 4.90 Å². The van der Waals surface area contributed by atoms with Crippen LogP contribution in [0.15, 0.2) is 57.9 Å². The van der Waals surface area contributed by atoms with Crippen LogP contribution in [0.1, 0.15) is 0 Å². The lowest BCUT2D eigenvalue weighted by Crippen LogP contribution is -2.02. The van der Waals surface area contributed by atoms with Gasteiger partial charge in [-0.05, 0) is 18.2 Å². The number of benzene rings is 2. The fourth-order valence-corrected chi connectivity index (χ4v) is 3.23. The molecule has 0 fully saturated rings. The molecule has 0 radical (unpaired) electrons. The highest BCUT2D eigenvalue weighted by Gasteiger charge is 2.10. The van der Waals surface area contributed by atoms with Gasteiger partial charge in [0.15, 0.2) is 5.75 Å². The number of ether oxygens (including phenoxy) is 2. The Hall–Kier alpha value is -0.710. The van der Waals surface area contributed by atoms with Crippen molar-refractivity contribution in [3.63, 3.8) is 0 Å². The van der Waals surface area contributed by atoms with Crippen LogP contribution in [0, 0.1) is 0 Å². The first-order chi connectivity index (χ1) is 11.6. The summed E-state index contributed by atoms with van der Waals surface area (Å²) in [6.45, 7) is 0.715. The fourth-order valence-electron chi connectivity index (χ4n) is 1.78. The van der Waals surface area contributed by atoms with Gasteiger partial charge in [-0.2, -0.15) is 0 Å². The Bertz CT molecular complexity index is 665. The lowest BCUT2D eigenvalue weighted by molar-refractivity contribution is 0.340. The molecule has 0 aliphatic rings. The van der Waals surface area contributed by atoms with E-state index < -0.39 is 0 Å².